The third-order valence-corrected chi connectivity index (χ3v) is 6.28. The van der Waals surface area contributed by atoms with Gasteiger partial charge in [-0.3, -0.25) is 9.59 Å². The second kappa shape index (κ2) is 13.6. The molecule has 0 saturated carbocycles. The Morgan fingerprint density at radius 1 is 1.00 bits per heavy atom. The van der Waals surface area contributed by atoms with Gasteiger partial charge in [-0.2, -0.15) is 0 Å². The number of carbonyl (C=O) groups excluding carboxylic acids is 2. The first-order valence-electron chi connectivity index (χ1n) is 12.8. The van der Waals surface area contributed by atoms with Crippen molar-refractivity contribution in [1.29, 1.82) is 0 Å². The van der Waals surface area contributed by atoms with Gasteiger partial charge in [0.25, 0.3) is 5.91 Å². The number of rotatable bonds is 14. The van der Waals surface area contributed by atoms with Crippen LogP contribution in [0.3, 0.4) is 0 Å². The number of aromatic nitrogens is 1. The molecular formula is C28H36N4O7. The molecule has 0 aliphatic carbocycles. The number of phenolic OH excluding ortho intramolecular Hbond substituents is 1. The monoisotopic (exact) mass is 540 g/mol. The van der Waals surface area contributed by atoms with E-state index in [1.165, 1.54) is 12.1 Å². The molecule has 4 atom stereocenters. The number of H-pyrrole nitrogens is 1. The number of aromatic amines is 1. The molecule has 2 amide bonds. The van der Waals surface area contributed by atoms with E-state index < -0.39 is 42.0 Å². The van der Waals surface area contributed by atoms with Crippen LogP contribution in [0.5, 0.6) is 11.5 Å². The first kappa shape index (κ1) is 29.5. The summed E-state index contributed by atoms with van der Waals surface area (Å²) in [4.78, 5) is 41.0. The first-order chi connectivity index (χ1) is 18.5. The lowest BCUT2D eigenvalue weighted by Gasteiger charge is -2.25. The standard InChI is InChI=1S/C28H36N4O7/c1-16(2)13-23(31-27(36)25(34)21(29)11-12-39-19-9-7-18(33)8-10-19)26(35)32-24(28(37)38)14-17-15-30-22-6-4-3-5-20(17)22/h3-10,15-16,21,23-25,30,33-34H,11-14,29H2,1-2H3,(H,31,36)(H,32,35)(H,37,38)/t21-,23+,24+,25+/m1/s1. The minimum atomic E-state index is -1.61. The Labute approximate surface area is 226 Å². The van der Waals surface area contributed by atoms with Crippen LogP contribution in [-0.4, -0.2) is 68.9 Å². The number of aliphatic carboxylic acids is 1. The van der Waals surface area contributed by atoms with Crippen LogP contribution in [0.15, 0.2) is 54.7 Å². The predicted octanol–water partition coefficient (Wildman–Crippen LogP) is 1.67. The molecule has 0 bridgehead atoms. The van der Waals surface area contributed by atoms with Gasteiger partial charge >= 0.3 is 5.97 Å². The molecule has 0 fully saturated rings. The predicted molar refractivity (Wildman–Crippen MR) is 145 cm³/mol. The molecule has 2 aromatic carbocycles. The SMILES string of the molecule is CC(C)C[C@H](NC(=O)[C@@H](O)[C@H](N)CCOc1ccc(O)cc1)C(=O)N[C@@H](Cc1c[nH]c2ccccc12)C(=O)O. The molecule has 1 heterocycles. The van der Waals surface area contributed by atoms with E-state index in [0.717, 1.165) is 16.5 Å². The van der Waals surface area contributed by atoms with Crippen molar-refractivity contribution in [3.63, 3.8) is 0 Å². The molecule has 3 aromatic rings. The molecule has 39 heavy (non-hydrogen) atoms. The van der Waals surface area contributed by atoms with Gasteiger partial charge in [0.1, 0.15) is 29.7 Å². The molecule has 210 valence electrons. The Balaban J connectivity index is 1.59. The van der Waals surface area contributed by atoms with Gasteiger partial charge in [0.05, 0.1) is 6.61 Å². The van der Waals surface area contributed by atoms with Crippen LogP contribution in [0.1, 0.15) is 32.3 Å². The van der Waals surface area contributed by atoms with E-state index in [1.807, 2.05) is 38.1 Å². The maximum Gasteiger partial charge on any atom is 0.326 e. The van der Waals surface area contributed by atoms with E-state index in [2.05, 4.69) is 15.6 Å². The zero-order valence-corrected chi connectivity index (χ0v) is 22.0. The van der Waals surface area contributed by atoms with Crippen molar-refractivity contribution in [2.45, 2.75) is 57.3 Å². The summed E-state index contributed by atoms with van der Waals surface area (Å²) in [7, 11) is 0. The van der Waals surface area contributed by atoms with Crippen LogP contribution in [0, 0.1) is 5.92 Å². The lowest BCUT2D eigenvalue weighted by atomic mass is 10.0. The molecule has 0 saturated heterocycles. The summed E-state index contributed by atoms with van der Waals surface area (Å²) in [6, 6.07) is 10.2. The number of amides is 2. The van der Waals surface area contributed by atoms with Gasteiger partial charge in [-0.15, -0.1) is 0 Å². The number of nitrogens with one attached hydrogen (secondary N) is 3. The van der Waals surface area contributed by atoms with Crippen LogP contribution in [0.25, 0.3) is 10.9 Å². The third kappa shape index (κ3) is 8.45. The Bertz CT molecular complexity index is 1260. The van der Waals surface area contributed by atoms with E-state index in [1.54, 1.807) is 18.3 Å². The molecular weight excluding hydrogens is 504 g/mol. The average Bonchev–Trinajstić information content (AvgIpc) is 3.30. The maximum atomic E-state index is 13.1. The second-order valence-electron chi connectivity index (χ2n) is 9.89. The number of fused-ring (bicyclic) bond motifs is 1. The molecule has 0 aliphatic rings. The molecule has 3 rings (SSSR count). The average molecular weight is 541 g/mol. The number of benzene rings is 2. The summed E-state index contributed by atoms with van der Waals surface area (Å²) in [5.41, 5.74) is 7.58. The molecule has 11 heteroatoms. The Hall–Kier alpha value is -4.09. The number of ether oxygens (including phenoxy) is 1. The molecule has 0 radical (unpaired) electrons. The molecule has 0 spiro atoms. The minimum Gasteiger partial charge on any atom is -0.508 e. The third-order valence-electron chi connectivity index (χ3n) is 6.28. The summed E-state index contributed by atoms with van der Waals surface area (Å²) in [6.45, 7) is 3.83. The normalized spacial score (nSPS) is 14.4. The van der Waals surface area contributed by atoms with Gasteiger partial charge in [-0.25, -0.2) is 4.79 Å². The molecule has 8 N–H and O–H groups in total. The summed E-state index contributed by atoms with van der Waals surface area (Å²) in [5, 5.41) is 35.5. The first-order valence-corrected chi connectivity index (χ1v) is 12.8. The Morgan fingerprint density at radius 3 is 2.33 bits per heavy atom. The summed E-state index contributed by atoms with van der Waals surface area (Å²) < 4.78 is 5.51. The quantitative estimate of drug-likeness (QED) is 0.161. The van der Waals surface area contributed by atoms with E-state index in [-0.39, 0.29) is 37.5 Å². The van der Waals surface area contributed by atoms with Gasteiger partial charge < -0.3 is 41.4 Å². The topological polar surface area (TPSA) is 187 Å². The molecule has 0 unspecified atom stereocenters. The summed E-state index contributed by atoms with van der Waals surface area (Å²) in [6.07, 6.45) is 0.508. The summed E-state index contributed by atoms with van der Waals surface area (Å²) in [5.74, 6) is -2.13. The van der Waals surface area contributed by atoms with E-state index in [0.29, 0.717) is 5.75 Å². The highest BCUT2D eigenvalue weighted by Gasteiger charge is 2.31. The lowest BCUT2D eigenvalue weighted by molar-refractivity contribution is -0.142. The van der Waals surface area contributed by atoms with Crippen molar-refractivity contribution < 1.29 is 34.4 Å². The van der Waals surface area contributed by atoms with Crippen molar-refractivity contribution in [2.24, 2.45) is 11.7 Å². The highest BCUT2D eigenvalue weighted by molar-refractivity contribution is 5.92. The van der Waals surface area contributed by atoms with Crippen LogP contribution in [0.4, 0.5) is 0 Å². The zero-order valence-electron chi connectivity index (χ0n) is 22.0. The fourth-order valence-electron chi connectivity index (χ4n) is 4.16. The molecule has 11 nitrogen and oxygen atoms in total. The fourth-order valence-corrected chi connectivity index (χ4v) is 4.16. The van der Waals surface area contributed by atoms with Crippen LogP contribution in [0.2, 0.25) is 0 Å². The number of nitrogens with two attached hydrogens (primary N) is 1. The highest BCUT2D eigenvalue weighted by atomic mass is 16.5. The van der Waals surface area contributed by atoms with Crippen LogP contribution >= 0.6 is 0 Å². The van der Waals surface area contributed by atoms with Crippen LogP contribution < -0.4 is 21.1 Å². The number of hydrogen-bond donors (Lipinski definition) is 7. The summed E-state index contributed by atoms with van der Waals surface area (Å²) >= 11 is 0. The molecule has 1 aromatic heterocycles. The Kier molecular flexibility index (Phi) is 10.3. The number of hydrogen-bond acceptors (Lipinski definition) is 7. The van der Waals surface area contributed by atoms with E-state index in [4.69, 9.17) is 10.5 Å². The number of carboxylic acids is 1. The number of aromatic hydroxyl groups is 1. The van der Waals surface area contributed by atoms with Gasteiger partial charge in [-0.05, 0) is 54.7 Å². The Morgan fingerprint density at radius 2 is 1.67 bits per heavy atom. The zero-order chi connectivity index (χ0) is 28.5. The van der Waals surface area contributed by atoms with Crippen molar-refractivity contribution in [1.82, 2.24) is 15.6 Å². The number of aliphatic hydroxyl groups is 1. The second-order valence-corrected chi connectivity index (χ2v) is 9.89. The van der Waals surface area contributed by atoms with E-state index >= 15 is 0 Å². The van der Waals surface area contributed by atoms with E-state index in [9.17, 15) is 29.7 Å². The van der Waals surface area contributed by atoms with Gasteiger partial charge in [-0.1, -0.05) is 32.0 Å². The number of carbonyl (C=O) groups is 3. The molecule has 0 aliphatic heterocycles. The smallest absolute Gasteiger partial charge is 0.326 e. The highest BCUT2D eigenvalue weighted by Crippen LogP contribution is 2.20. The number of phenols is 1. The van der Waals surface area contributed by atoms with Gasteiger partial charge in [0.15, 0.2) is 0 Å². The van der Waals surface area contributed by atoms with Crippen LogP contribution in [-0.2, 0) is 20.8 Å². The minimum absolute atomic E-state index is 0.0116. The number of para-hydroxylation sites is 1. The lowest BCUT2D eigenvalue weighted by Crippen LogP contribution is -2.56. The fraction of sp³-hybridized carbons (Fsp3) is 0.393. The van der Waals surface area contributed by atoms with Gasteiger partial charge in [0, 0.05) is 29.6 Å². The van der Waals surface area contributed by atoms with Crippen molar-refractivity contribution in [3.8, 4) is 11.5 Å². The maximum absolute atomic E-state index is 13.1. The van der Waals surface area contributed by atoms with Crippen molar-refractivity contribution in [3.05, 3.63) is 60.3 Å². The van der Waals surface area contributed by atoms with Crippen molar-refractivity contribution in [2.75, 3.05) is 6.61 Å². The largest absolute Gasteiger partial charge is 0.508 e. The van der Waals surface area contributed by atoms with Crippen molar-refractivity contribution >= 4 is 28.7 Å². The number of carboxylic acid groups (broad SMARTS) is 1. The number of aliphatic hydroxyl groups excluding tert-OH is 1. The van der Waals surface area contributed by atoms with Gasteiger partial charge in [0.2, 0.25) is 5.91 Å².